The van der Waals surface area contributed by atoms with Crippen molar-refractivity contribution in [3.63, 3.8) is 0 Å². The van der Waals surface area contributed by atoms with Crippen LogP contribution in [-0.4, -0.2) is 26.9 Å². The number of benzene rings is 1. The van der Waals surface area contributed by atoms with Gasteiger partial charge in [-0.3, -0.25) is 4.79 Å². The lowest BCUT2D eigenvalue weighted by atomic mass is 10.1. The highest BCUT2D eigenvalue weighted by Gasteiger charge is 2.18. The van der Waals surface area contributed by atoms with Crippen molar-refractivity contribution in [3.8, 4) is 5.69 Å². The Balaban J connectivity index is 1.70. The summed E-state index contributed by atoms with van der Waals surface area (Å²) in [6.07, 6.45) is 8.77. The number of aryl methyl sites for hydroxylation is 2. The molecule has 122 valence electrons. The standard InChI is InChI=1S/C18H24N4O/c1-13-9-10-16(11-14(13)2)22-12-17(20-21-22)18(23)19-15-7-5-3-4-6-8-15/h9-12,15H,3-8H2,1-2H3,(H,19,23). The van der Waals surface area contributed by atoms with Gasteiger partial charge in [-0.1, -0.05) is 37.0 Å². The van der Waals surface area contributed by atoms with E-state index in [2.05, 4.69) is 41.6 Å². The predicted octanol–water partition coefficient (Wildman–Crippen LogP) is 3.34. The Morgan fingerprint density at radius 3 is 2.57 bits per heavy atom. The average molecular weight is 312 g/mol. The summed E-state index contributed by atoms with van der Waals surface area (Å²) >= 11 is 0. The lowest BCUT2D eigenvalue weighted by molar-refractivity contribution is 0.0928. The van der Waals surface area contributed by atoms with Crippen molar-refractivity contribution in [2.75, 3.05) is 0 Å². The van der Waals surface area contributed by atoms with Crippen LogP contribution < -0.4 is 5.32 Å². The summed E-state index contributed by atoms with van der Waals surface area (Å²) in [7, 11) is 0. The second-order valence-corrected chi connectivity index (χ2v) is 6.48. The van der Waals surface area contributed by atoms with E-state index in [-0.39, 0.29) is 11.9 Å². The number of aromatic nitrogens is 3. The molecule has 1 aromatic carbocycles. The van der Waals surface area contributed by atoms with Gasteiger partial charge in [0.25, 0.3) is 5.91 Å². The molecule has 1 aliphatic rings. The van der Waals surface area contributed by atoms with E-state index >= 15 is 0 Å². The van der Waals surface area contributed by atoms with Crippen molar-refractivity contribution in [1.82, 2.24) is 20.3 Å². The molecule has 0 saturated heterocycles. The number of nitrogens with one attached hydrogen (secondary N) is 1. The van der Waals surface area contributed by atoms with E-state index in [4.69, 9.17) is 0 Å². The van der Waals surface area contributed by atoms with E-state index in [1.807, 2.05) is 6.07 Å². The van der Waals surface area contributed by atoms with Crippen LogP contribution in [0.3, 0.4) is 0 Å². The van der Waals surface area contributed by atoms with Crippen molar-refractivity contribution in [1.29, 1.82) is 0 Å². The van der Waals surface area contributed by atoms with Crippen LogP contribution in [0.5, 0.6) is 0 Å². The summed E-state index contributed by atoms with van der Waals surface area (Å²) in [6, 6.07) is 6.37. The van der Waals surface area contributed by atoms with E-state index in [0.717, 1.165) is 18.5 Å². The van der Waals surface area contributed by atoms with E-state index in [1.54, 1.807) is 10.9 Å². The first-order chi connectivity index (χ1) is 11.1. The summed E-state index contributed by atoms with van der Waals surface area (Å²) in [5, 5.41) is 11.2. The molecule has 1 aliphatic carbocycles. The molecular weight excluding hydrogens is 288 g/mol. The molecule has 1 heterocycles. The molecule has 1 amide bonds. The molecule has 5 heteroatoms. The first kappa shape index (κ1) is 15.7. The third kappa shape index (κ3) is 3.78. The molecule has 0 spiro atoms. The van der Waals surface area contributed by atoms with Gasteiger partial charge in [-0.05, 0) is 49.9 Å². The maximum atomic E-state index is 12.4. The van der Waals surface area contributed by atoms with Crippen molar-refractivity contribution < 1.29 is 4.79 Å². The Morgan fingerprint density at radius 1 is 1.13 bits per heavy atom. The first-order valence-electron chi connectivity index (χ1n) is 8.44. The van der Waals surface area contributed by atoms with Gasteiger partial charge in [0.15, 0.2) is 5.69 Å². The molecule has 0 aliphatic heterocycles. The zero-order chi connectivity index (χ0) is 16.2. The molecule has 0 atom stereocenters. The number of hydrogen-bond acceptors (Lipinski definition) is 3. The lowest BCUT2D eigenvalue weighted by Gasteiger charge is -2.14. The minimum Gasteiger partial charge on any atom is -0.348 e. The Morgan fingerprint density at radius 2 is 1.87 bits per heavy atom. The molecular formula is C18H24N4O. The Bertz CT molecular complexity index is 684. The summed E-state index contributed by atoms with van der Waals surface area (Å²) in [4.78, 5) is 12.4. The summed E-state index contributed by atoms with van der Waals surface area (Å²) < 4.78 is 1.66. The van der Waals surface area contributed by atoms with Gasteiger partial charge in [-0.15, -0.1) is 5.10 Å². The molecule has 1 N–H and O–H groups in total. The van der Waals surface area contributed by atoms with Crippen LogP contribution in [-0.2, 0) is 0 Å². The molecule has 1 saturated carbocycles. The molecule has 23 heavy (non-hydrogen) atoms. The fourth-order valence-corrected chi connectivity index (χ4v) is 3.05. The number of nitrogens with zero attached hydrogens (tertiary/aromatic N) is 3. The zero-order valence-corrected chi connectivity index (χ0v) is 13.9. The third-order valence-electron chi connectivity index (χ3n) is 4.67. The number of rotatable bonds is 3. The second kappa shape index (κ2) is 6.94. The quantitative estimate of drug-likeness (QED) is 0.884. The highest BCUT2D eigenvalue weighted by Crippen LogP contribution is 2.18. The largest absolute Gasteiger partial charge is 0.348 e. The Labute approximate surface area is 137 Å². The topological polar surface area (TPSA) is 59.8 Å². The van der Waals surface area contributed by atoms with Crippen molar-refractivity contribution in [2.24, 2.45) is 0 Å². The van der Waals surface area contributed by atoms with E-state index < -0.39 is 0 Å². The number of amides is 1. The molecule has 0 bridgehead atoms. The van der Waals surface area contributed by atoms with Gasteiger partial charge in [-0.2, -0.15) is 0 Å². The lowest BCUT2D eigenvalue weighted by Crippen LogP contribution is -2.34. The van der Waals surface area contributed by atoms with Crippen LogP contribution in [0.25, 0.3) is 5.69 Å². The fraction of sp³-hybridized carbons (Fsp3) is 0.500. The SMILES string of the molecule is Cc1ccc(-n2cc(C(=O)NC3CCCCCC3)nn2)cc1C. The average Bonchev–Trinajstić information content (AvgIpc) is 2.90. The van der Waals surface area contributed by atoms with Gasteiger partial charge < -0.3 is 5.32 Å². The number of carbonyl (C=O) groups is 1. The Hall–Kier alpha value is -2.17. The summed E-state index contributed by atoms with van der Waals surface area (Å²) in [5.74, 6) is -0.119. The van der Waals surface area contributed by atoms with Gasteiger partial charge in [0.1, 0.15) is 0 Å². The van der Waals surface area contributed by atoms with Crippen molar-refractivity contribution >= 4 is 5.91 Å². The summed E-state index contributed by atoms with van der Waals surface area (Å²) in [5.41, 5.74) is 3.74. The van der Waals surface area contributed by atoms with Crippen molar-refractivity contribution in [3.05, 3.63) is 41.2 Å². The highest BCUT2D eigenvalue weighted by atomic mass is 16.2. The van der Waals surface area contributed by atoms with Crippen LogP contribution in [0.2, 0.25) is 0 Å². The smallest absolute Gasteiger partial charge is 0.273 e. The maximum Gasteiger partial charge on any atom is 0.273 e. The van der Waals surface area contributed by atoms with Crippen LogP contribution in [0.1, 0.15) is 60.1 Å². The molecule has 0 radical (unpaired) electrons. The van der Waals surface area contributed by atoms with Gasteiger partial charge in [0, 0.05) is 6.04 Å². The minimum atomic E-state index is -0.119. The zero-order valence-electron chi connectivity index (χ0n) is 13.9. The van der Waals surface area contributed by atoms with Crippen molar-refractivity contribution in [2.45, 2.75) is 58.4 Å². The van der Waals surface area contributed by atoms with Gasteiger partial charge in [-0.25, -0.2) is 4.68 Å². The molecule has 2 aromatic rings. The summed E-state index contributed by atoms with van der Waals surface area (Å²) in [6.45, 7) is 4.14. The first-order valence-corrected chi connectivity index (χ1v) is 8.44. The van der Waals surface area contributed by atoms with E-state index in [9.17, 15) is 4.79 Å². The van der Waals surface area contributed by atoms with Crippen LogP contribution in [0, 0.1) is 13.8 Å². The predicted molar refractivity (Wildman–Crippen MR) is 89.8 cm³/mol. The Kier molecular flexibility index (Phi) is 4.74. The molecule has 1 aromatic heterocycles. The van der Waals surface area contributed by atoms with Crippen LogP contribution in [0.4, 0.5) is 0 Å². The molecule has 3 rings (SSSR count). The van der Waals surface area contributed by atoms with Gasteiger partial charge in [0.2, 0.25) is 0 Å². The molecule has 5 nitrogen and oxygen atoms in total. The minimum absolute atomic E-state index is 0.119. The highest BCUT2D eigenvalue weighted by molar-refractivity contribution is 5.92. The van der Waals surface area contributed by atoms with Gasteiger partial charge in [0.05, 0.1) is 11.9 Å². The normalized spacial score (nSPS) is 16.1. The van der Waals surface area contributed by atoms with Crippen LogP contribution >= 0.6 is 0 Å². The fourth-order valence-electron chi connectivity index (χ4n) is 3.05. The van der Waals surface area contributed by atoms with Crippen LogP contribution in [0.15, 0.2) is 24.4 Å². The van der Waals surface area contributed by atoms with E-state index in [1.165, 1.54) is 36.8 Å². The second-order valence-electron chi connectivity index (χ2n) is 6.48. The third-order valence-corrected chi connectivity index (χ3v) is 4.67. The number of hydrogen-bond donors (Lipinski definition) is 1. The van der Waals surface area contributed by atoms with E-state index in [0.29, 0.717) is 5.69 Å². The van der Waals surface area contributed by atoms with Gasteiger partial charge >= 0.3 is 0 Å². The monoisotopic (exact) mass is 312 g/mol. The molecule has 1 fully saturated rings. The maximum absolute atomic E-state index is 12.4. The molecule has 0 unspecified atom stereocenters. The number of carbonyl (C=O) groups excluding carboxylic acids is 1.